The van der Waals surface area contributed by atoms with E-state index in [1.165, 1.54) is 7.85 Å². The summed E-state index contributed by atoms with van der Waals surface area (Å²) in [5.41, 5.74) is -0.190. The number of hydrogen-bond donors (Lipinski definition) is 1. The predicted octanol–water partition coefficient (Wildman–Crippen LogP) is -1.86. The van der Waals surface area contributed by atoms with Gasteiger partial charge in [0.15, 0.2) is 7.85 Å². The first-order chi connectivity index (χ1) is 2.27. The summed E-state index contributed by atoms with van der Waals surface area (Å²) >= 11 is 0. The van der Waals surface area contributed by atoms with Gasteiger partial charge in [-0.05, 0) is 0 Å². The quantitative estimate of drug-likeness (QED) is 0.369. The lowest BCUT2D eigenvalue weighted by Gasteiger charge is -1.72. The van der Waals surface area contributed by atoms with Gasteiger partial charge in [-0.15, -0.1) is 0 Å². The molecule has 0 aliphatic heterocycles. The van der Waals surface area contributed by atoms with Gasteiger partial charge in [0.2, 0.25) is 0 Å². The molecule has 0 bridgehead atoms. The molecule has 0 fully saturated rings. The van der Waals surface area contributed by atoms with Gasteiger partial charge in [-0.25, -0.2) is 0 Å². The second-order valence-corrected chi connectivity index (χ2v) is 0.860. The van der Waals surface area contributed by atoms with E-state index in [1.54, 1.807) is 0 Å². The molecule has 0 aromatic carbocycles. The van der Waals surface area contributed by atoms with Crippen molar-refractivity contribution < 1.29 is 9.90 Å². The zero-order chi connectivity index (χ0) is 4.28. The Morgan fingerprint density at radius 1 is 2.00 bits per heavy atom. The van der Waals surface area contributed by atoms with Crippen LogP contribution in [-0.2, 0) is 4.79 Å². The van der Waals surface area contributed by atoms with E-state index in [0.717, 1.165) is 0 Å². The Morgan fingerprint density at radius 3 is 2.20 bits per heavy atom. The number of aliphatic hydroxyl groups is 1. The second-order valence-electron chi connectivity index (χ2n) is 0.860. The topological polar surface area (TPSA) is 37.3 Å². The van der Waals surface area contributed by atoms with Crippen molar-refractivity contribution >= 4 is 13.5 Å². The number of carbonyl (C=O) groups excluding carboxylic acids is 1. The lowest BCUT2D eigenvalue weighted by atomic mass is 10.1. The van der Waals surface area contributed by atoms with Crippen LogP contribution >= 0.6 is 0 Å². The molecule has 0 unspecified atom stereocenters. The molecule has 2 nitrogen and oxygen atoms in total. The van der Waals surface area contributed by atoms with Gasteiger partial charge in [0.25, 0.3) is 0 Å². The van der Waals surface area contributed by atoms with Crippen molar-refractivity contribution in [2.24, 2.45) is 0 Å². The summed E-state index contributed by atoms with van der Waals surface area (Å²) in [6.07, 6.45) is 0. The Balaban J connectivity index is 2.85. The molecule has 0 atom stereocenters. The fourth-order valence-corrected chi connectivity index (χ4v) is 0. The molecule has 3 heteroatoms. The van der Waals surface area contributed by atoms with Crippen LogP contribution < -0.4 is 0 Å². The van der Waals surface area contributed by atoms with Gasteiger partial charge in [-0.2, -0.15) is 0 Å². The highest BCUT2D eigenvalue weighted by atomic mass is 16.3. The Morgan fingerprint density at radius 2 is 2.20 bits per heavy atom. The van der Waals surface area contributed by atoms with Crippen molar-refractivity contribution in [2.45, 2.75) is 0 Å². The van der Waals surface area contributed by atoms with Crippen molar-refractivity contribution in [3.05, 3.63) is 0 Å². The maximum Gasteiger partial charge on any atom is 0.190 e. The summed E-state index contributed by atoms with van der Waals surface area (Å²) in [7, 11) is 1.33. The first-order valence-corrected chi connectivity index (χ1v) is 1.37. The molecule has 0 aromatic heterocycles. The average Bonchev–Trinajstić information content (AvgIpc) is 1.38. The molecule has 5 heavy (non-hydrogen) atoms. The molecule has 0 heterocycles. The van der Waals surface area contributed by atoms with Gasteiger partial charge in [-0.3, -0.25) is 0 Å². The molecular weight excluding hydrogens is 66.8 g/mol. The first-order valence-electron chi connectivity index (χ1n) is 1.37. The minimum absolute atomic E-state index is 0.190. The molecule has 0 spiro atoms. The van der Waals surface area contributed by atoms with E-state index in [0.29, 0.717) is 0 Å². The summed E-state index contributed by atoms with van der Waals surface area (Å²) in [6, 6.07) is 0. The van der Waals surface area contributed by atoms with Gasteiger partial charge < -0.3 is 9.90 Å². The van der Waals surface area contributed by atoms with Gasteiger partial charge in [0, 0.05) is 0 Å². The Hall–Kier alpha value is -0.305. The van der Waals surface area contributed by atoms with Crippen LogP contribution in [0.5, 0.6) is 0 Å². The van der Waals surface area contributed by atoms with E-state index in [4.69, 9.17) is 5.11 Å². The van der Waals surface area contributed by atoms with Crippen LogP contribution in [0.25, 0.3) is 0 Å². The number of rotatable bonds is 1. The lowest BCUT2D eigenvalue weighted by Crippen LogP contribution is -2.00. The third-order valence-electron chi connectivity index (χ3n) is 0.223. The number of carbonyl (C=O) groups is 1. The van der Waals surface area contributed by atoms with Gasteiger partial charge >= 0.3 is 0 Å². The minimum Gasteiger partial charge on any atom is -0.390 e. The van der Waals surface area contributed by atoms with Crippen molar-refractivity contribution in [1.82, 2.24) is 0 Å². The SMILES string of the molecule is BC(=O)CO. The standard InChI is InChI=1S/C2H5BO2/c3-2(5)1-4/h4H,1,3H2. The van der Waals surface area contributed by atoms with E-state index in [2.05, 4.69) is 0 Å². The van der Waals surface area contributed by atoms with E-state index in [1.807, 2.05) is 0 Å². The Labute approximate surface area is 31.2 Å². The highest BCUT2D eigenvalue weighted by molar-refractivity contribution is 6.58. The van der Waals surface area contributed by atoms with Crippen molar-refractivity contribution in [1.29, 1.82) is 0 Å². The summed E-state index contributed by atoms with van der Waals surface area (Å²) < 4.78 is 0. The molecule has 28 valence electrons. The fraction of sp³-hybridized carbons (Fsp3) is 0.500. The lowest BCUT2D eigenvalue weighted by molar-refractivity contribution is -0.114. The van der Waals surface area contributed by atoms with E-state index >= 15 is 0 Å². The highest BCUT2D eigenvalue weighted by Gasteiger charge is 1.79. The third-order valence-corrected chi connectivity index (χ3v) is 0.223. The van der Waals surface area contributed by atoms with Crippen LogP contribution in [0.2, 0.25) is 0 Å². The zero-order valence-electron chi connectivity index (χ0n) is 3.06. The smallest absolute Gasteiger partial charge is 0.190 e. The Kier molecular flexibility index (Phi) is 1.85. The average molecular weight is 71.9 g/mol. The summed E-state index contributed by atoms with van der Waals surface area (Å²) in [4.78, 5) is 9.56. The molecule has 0 rings (SSSR count). The molecule has 0 aliphatic carbocycles. The second kappa shape index (κ2) is 1.97. The molecule has 1 N–H and O–H groups in total. The predicted molar refractivity (Wildman–Crippen MR) is 20.6 cm³/mol. The molecule has 0 aliphatic rings. The first kappa shape index (κ1) is 4.69. The maximum atomic E-state index is 9.56. The van der Waals surface area contributed by atoms with Gasteiger partial charge in [-0.1, -0.05) is 0 Å². The third kappa shape index (κ3) is 3.69. The van der Waals surface area contributed by atoms with Crippen LogP contribution in [0.15, 0.2) is 0 Å². The molecule has 0 radical (unpaired) electrons. The zero-order valence-corrected chi connectivity index (χ0v) is 3.06. The summed E-state index contributed by atoms with van der Waals surface area (Å²) in [5.74, 6) is 0. The van der Waals surface area contributed by atoms with Gasteiger partial charge in [0.1, 0.15) is 5.68 Å². The molecule has 0 saturated heterocycles. The van der Waals surface area contributed by atoms with Crippen LogP contribution in [0.4, 0.5) is 0 Å². The normalized spacial score (nSPS) is 7.40. The summed E-state index contributed by atoms with van der Waals surface area (Å²) in [6.45, 7) is -0.333. The molecule has 0 amide bonds. The monoisotopic (exact) mass is 72.0 g/mol. The van der Waals surface area contributed by atoms with Crippen molar-refractivity contribution in [2.75, 3.05) is 6.61 Å². The number of aliphatic hydroxyl groups excluding tert-OH is 1. The van der Waals surface area contributed by atoms with E-state index < -0.39 is 0 Å². The van der Waals surface area contributed by atoms with E-state index in [-0.39, 0.29) is 12.3 Å². The highest BCUT2D eigenvalue weighted by Crippen LogP contribution is 1.47. The van der Waals surface area contributed by atoms with Gasteiger partial charge in [0.05, 0.1) is 6.61 Å². The van der Waals surface area contributed by atoms with Crippen LogP contribution in [0, 0.1) is 0 Å². The molecule has 0 saturated carbocycles. The fourth-order valence-electron chi connectivity index (χ4n) is 0. The largest absolute Gasteiger partial charge is 0.390 e. The number of hydrogen-bond acceptors (Lipinski definition) is 2. The summed E-state index contributed by atoms with van der Waals surface area (Å²) in [5, 5.41) is 7.79. The van der Waals surface area contributed by atoms with Crippen LogP contribution in [-0.4, -0.2) is 25.2 Å². The molecule has 0 aromatic rings. The minimum atomic E-state index is -0.333. The molecular formula is C2H5BO2. The van der Waals surface area contributed by atoms with E-state index in [9.17, 15) is 4.79 Å². The van der Waals surface area contributed by atoms with Crippen molar-refractivity contribution in [3.8, 4) is 0 Å². The van der Waals surface area contributed by atoms with Crippen LogP contribution in [0.3, 0.4) is 0 Å². The maximum absolute atomic E-state index is 9.56. The Bertz CT molecular complexity index is 42.9. The van der Waals surface area contributed by atoms with Crippen molar-refractivity contribution in [3.63, 3.8) is 0 Å². The van der Waals surface area contributed by atoms with Crippen LogP contribution in [0.1, 0.15) is 0 Å².